The monoisotopic (exact) mass is 1500 g/mol. The van der Waals surface area contributed by atoms with Crippen LogP contribution in [0.2, 0.25) is 0 Å². The summed E-state index contributed by atoms with van der Waals surface area (Å²) in [5.74, 6) is 1.82. The Hall–Kier alpha value is -7.26. The fourth-order valence-corrected chi connectivity index (χ4v) is 9.54. The first-order valence-corrected chi connectivity index (χ1v) is 28.5. The second kappa shape index (κ2) is 30.4. The zero-order chi connectivity index (χ0) is 61.0. The second-order valence-corrected chi connectivity index (χ2v) is 24.7. The summed E-state index contributed by atoms with van der Waals surface area (Å²) in [6.07, 6.45) is 7.32. The molecule has 0 amide bonds. The molecule has 2 radical (unpaired) electrons. The van der Waals surface area contributed by atoms with Crippen LogP contribution in [0, 0.1) is 32.0 Å². The van der Waals surface area contributed by atoms with Crippen LogP contribution in [0.3, 0.4) is 0 Å². The molecule has 0 aliphatic rings. The van der Waals surface area contributed by atoms with Gasteiger partial charge in [-0.25, -0.2) is 0 Å². The summed E-state index contributed by atoms with van der Waals surface area (Å²) in [6, 6.07) is 66.5. The number of benzene rings is 6. The Morgan fingerprint density at radius 3 is 0.977 bits per heavy atom. The van der Waals surface area contributed by atoms with Gasteiger partial charge < -0.3 is 34.0 Å². The Bertz CT molecular complexity index is 3770. The first kappa shape index (κ1) is 69.5. The van der Waals surface area contributed by atoms with Crippen molar-refractivity contribution in [3.8, 4) is 45.0 Å². The third-order valence-corrected chi connectivity index (χ3v) is 14.3. The van der Waals surface area contributed by atoms with Gasteiger partial charge in [0.1, 0.15) is 22.7 Å². The van der Waals surface area contributed by atoms with Crippen LogP contribution in [0.25, 0.3) is 88.5 Å². The molecule has 0 fully saturated rings. The van der Waals surface area contributed by atoms with E-state index in [4.69, 9.17) is 19.0 Å². The van der Waals surface area contributed by atoms with Crippen molar-refractivity contribution in [2.75, 3.05) is 14.2 Å². The third-order valence-electron chi connectivity index (χ3n) is 14.3. The van der Waals surface area contributed by atoms with Gasteiger partial charge in [-0.3, -0.25) is 4.98 Å². The van der Waals surface area contributed by atoms with Crippen molar-refractivity contribution < 1.29 is 59.3 Å². The number of rotatable bonds is 4. The van der Waals surface area contributed by atoms with E-state index >= 15 is 0 Å². The largest absolute Gasteiger partial charge is 0.462 e. The van der Waals surface area contributed by atoms with E-state index in [-0.39, 0.29) is 61.9 Å². The van der Waals surface area contributed by atoms with E-state index in [1.807, 2.05) is 56.6 Å². The molecule has 6 aromatic carbocycles. The van der Waals surface area contributed by atoms with Crippen LogP contribution < -0.4 is 0 Å². The molecule has 0 spiro atoms. The maximum absolute atomic E-state index is 7.00. The number of aliphatic hydroxyl groups is 2. The SMILES string of the molecule is CC(C)(C)c1c[c-]c(-c2nccc3ccccc23)cc1.CC(C)(C)c1c[c-]c(-c2nccc3ccccc23)cc1.CO.CO.Cc1cc2c(-c3[c-]cc(C(C)(C)C)cc3)nccc2o1.Cc1cc2c(-c3ccc(C(C)(C)C)cc3)nccc2o1.[Ir].[Ir]. The van der Waals surface area contributed by atoms with Crippen LogP contribution in [0.1, 0.15) is 117 Å². The Labute approximate surface area is 537 Å². The number of hydrogen-bond acceptors (Lipinski definition) is 8. The molecule has 8 nitrogen and oxygen atoms in total. The molecular weight excluding hydrogens is 1420 g/mol. The normalized spacial score (nSPS) is 11.2. The molecule has 6 heterocycles. The van der Waals surface area contributed by atoms with E-state index in [1.54, 1.807) is 12.4 Å². The molecular formula is C76H81Ir2N4O4-3. The summed E-state index contributed by atoms with van der Waals surface area (Å²) in [6.45, 7) is 30.5. The Morgan fingerprint density at radius 2 is 0.640 bits per heavy atom. The number of nitrogens with zero attached hydrogens (tertiary/aromatic N) is 4. The molecule has 12 aromatic rings. The van der Waals surface area contributed by atoms with Gasteiger partial charge in [0.05, 0.1) is 5.69 Å². The van der Waals surface area contributed by atoms with Crippen molar-refractivity contribution in [2.24, 2.45) is 0 Å². The number of aliphatic hydroxyl groups excluding tert-OH is 2. The third kappa shape index (κ3) is 17.5. The fourth-order valence-electron chi connectivity index (χ4n) is 9.54. The van der Waals surface area contributed by atoms with Gasteiger partial charge in [0.15, 0.2) is 0 Å². The van der Waals surface area contributed by atoms with Crippen LogP contribution in [0.4, 0.5) is 0 Å². The van der Waals surface area contributed by atoms with Gasteiger partial charge in [0, 0.05) is 95.6 Å². The quantitative estimate of drug-likeness (QED) is 0.167. The van der Waals surface area contributed by atoms with E-state index in [1.165, 1.54) is 43.8 Å². The van der Waals surface area contributed by atoms with Crippen molar-refractivity contribution in [2.45, 2.75) is 119 Å². The zero-order valence-electron chi connectivity index (χ0n) is 52.6. The van der Waals surface area contributed by atoms with E-state index in [0.29, 0.717) is 0 Å². The average Bonchev–Trinajstić information content (AvgIpc) is 4.24. The minimum Gasteiger partial charge on any atom is -0.462 e. The van der Waals surface area contributed by atoms with Crippen molar-refractivity contribution in [1.29, 1.82) is 0 Å². The smallest absolute Gasteiger partial charge is 0.137 e. The molecule has 10 heteroatoms. The summed E-state index contributed by atoms with van der Waals surface area (Å²) < 4.78 is 11.3. The number of aryl methyl sites for hydroxylation is 2. The maximum atomic E-state index is 7.00. The number of hydrogen-bond donors (Lipinski definition) is 2. The fraction of sp³-hybridized carbons (Fsp3) is 0.263. The summed E-state index contributed by atoms with van der Waals surface area (Å²) >= 11 is 0. The molecule has 0 aliphatic carbocycles. The molecule has 86 heavy (non-hydrogen) atoms. The molecule has 0 saturated heterocycles. The van der Waals surface area contributed by atoms with Gasteiger partial charge in [0.2, 0.25) is 0 Å². The van der Waals surface area contributed by atoms with Crippen molar-refractivity contribution in [3.05, 3.63) is 241 Å². The van der Waals surface area contributed by atoms with Gasteiger partial charge in [-0.05, 0) is 116 Å². The number of pyridine rings is 4. The molecule has 0 aliphatic heterocycles. The minimum atomic E-state index is 0. The summed E-state index contributed by atoms with van der Waals surface area (Å²) in [4.78, 5) is 18.1. The summed E-state index contributed by atoms with van der Waals surface area (Å²) in [5, 5.41) is 20.9. The van der Waals surface area contributed by atoms with Gasteiger partial charge in [-0.1, -0.05) is 156 Å². The molecule has 6 aromatic heterocycles. The Morgan fingerprint density at radius 1 is 0.337 bits per heavy atom. The molecule has 0 unspecified atom stereocenters. The number of aromatic nitrogens is 4. The van der Waals surface area contributed by atoms with E-state index in [0.717, 1.165) is 92.7 Å². The van der Waals surface area contributed by atoms with Crippen LogP contribution in [0.15, 0.2) is 197 Å². The second-order valence-electron chi connectivity index (χ2n) is 24.7. The molecule has 0 saturated carbocycles. The van der Waals surface area contributed by atoms with Gasteiger partial charge in [-0.2, -0.15) is 0 Å². The van der Waals surface area contributed by atoms with E-state index in [2.05, 4.69) is 255 Å². The Balaban J connectivity index is 0.000000204. The van der Waals surface area contributed by atoms with Crippen LogP contribution >= 0.6 is 0 Å². The average molecular weight is 1500 g/mol. The minimum absolute atomic E-state index is 0. The zero-order valence-corrected chi connectivity index (χ0v) is 57.4. The molecule has 450 valence electrons. The summed E-state index contributed by atoms with van der Waals surface area (Å²) in [7, 11) is 2.00. The van der Waals surface area contributed by atoms with Crippen LogP contribution in [0.5, 0.6) is 0 Å². The standard InChI is InChI=1S/2C19H18N.C18H19NO.C18H18NO.2CH4O.2Ir/c2*1-19(2,3)16-10-8-15(9-11-16)18-17-7-5-4-6-14(17)12-13-20-18;2*1-12-11-15-16(20-12)9-10-19-17(15)13-5-7-14(8-6-13)18(2,3)4;2*1-2;;/h2*4-8,10-13H,1-3H3;5-11H,1-4H3;5,7-11H,1-4H3;2*2H,1H3;;/q2*-1;;-1;;;;. The Kier molecular flexibility index (Phi) is 24.6. The molecule has 0 atom stereocenters. The summed E-state index contributed by atoms with van der Waals surface area (Å²) in [5.41, 5.74) is 15.7. The van der Waals surface area contributed by atoms with E-state index in [9.17, 15) is 0 Å². The van der Waals surface area contributed by atoms with E-state index < -0.39 is 0 Å². The van der Waals surface area contributed by atoms with Gasteiger partial charge in [0.25, 0.3) is 0 Å². The molecule has 12 rings (SSSR count). The maximum Gasteiger partial charge on any atom is 0.137 e. The molecule has 2 N–H and O–H groups in total. The predicted molar refractivity (Wildman–Crippen MR) is 350 cm³/mol. The van der Waals surface area contributed by atoms with Crippen LogP contribution in [-0.2, 0) is 61.9 Å². The number of fused-ring (bicyclic) bond motifs is 4. The van der Waals surface area contributed by atoms with Crippen molar-refractivity contribution >= 4 is 43.5 Å². The van der Waals surface area contributed by atoms with Crippen LogP contribution in [-0.4, -0.2) is 44.4 Å². The first-order chi connectivity index (χ1) is 40.0. The van der Waals surface area contributed by atoms with Gasteiger partial charge in [-0.15, -0.1) is 106 Å². The predicted octanol–water partition coefficient (Wildman–Crippen LogP) is 19.2. The van der Waals surface area contributed by atoms with Crippen molar-refractivity contribution in [3.63, 3.8) is 0 Å². The van der Waals surface area contributed by atoms with Crippen molar-refractivity contribution in [1.82, 2.24) is 19.9 Å². The van der Waals surface area contributed by atoms with Gasteiger partial charge >= 0.3 is 0 Å². The number of furan rings is 2. The molecule has 0 bridgehead atoms. The topological polar surface area (TPSA) is 118 Å². The first-order valence-electron chi connectivity index (χ1n) is 28.5.